The maximum Gasteiger partial charge on any atom is 0.341 e. The highest BCUT2D eigenvalue weighted by Gasteiger charge is 2.42. The average molecular weight is 236 g/mol. The van der Waals surface area contributed by atoms with Crippen LogP contribution in [0.1, 0.15) is 48.5 Å². The van der Waals surface area contributed by atoms with Gasteiger partial charge in [-0.1, -0.05) is 20.8 Å². The van der Waals surface area contributed by atoms with Crippen LogP contribution in [0.3, 0.4) is 0 Å². The van der Waals surface area contributed by atoms with E-state index in [1.54, 1.807) is 6.92 Å². The van der Waals surface area contributed by atoms with Gasteiger partial charge in [-0.25, -0.2) is 4.79 Å². The Morgan fingerprint density at radius 3 is 2.41 bits per heavy atom. The summed E-state index contributed by atoms with van der Waals surface area (Å²) in [5.74, 6) is -0.508. The topological polar surface area (TPSA) is 85.2 Å². The third-order valence-corrected chi connectivity index (χ3v) is 2.97. The molecule has 0 amide bonds. The van der Waals surface area contributed by atoms with Crippen LogP contribution < -0.4 is 11.3 Å². The molecule has 2 heterocycles. The van der Waals surface area contributed by atoms with Gasteiger partial charge < -0.3 is 15.5 Å². The van der Waals surface area contributed by atoms with Gasteiger partial charge in [-0.05, 0) is 6.92 Å². The molecule has 3 N–H and O–H groups in total. The summed E-state index contributed by atoms with van der Waals surface area (Å²) < 4.78 is 5.34. The van der Waals surface area contributed by atoms with E-state index in [4.69, 9.17) is 10.5 Å². The number of fused-ring (bicyclic) bond motifs is 1. The number of anilines is 1. The Balaban J connectivity index is 2.76. The zero-order valence-electron chi connectivity index (χ0n) is 10.4. The summed E-state index contributed by atoms with van der Waals surface area (Å²) in [5.41, 5.74) is 6.50. The van der Waals surface area contributed by atoms with E-state index in [2.05, 4.69) is 4.98 Å². The average Bonchev–Trinajstić information content (AvgIpc) is 2.53. The fourth-order valence-electron chi connectivity index (χ4n) is 2.13. The van der Waals surface area contributed by atoms with Crippen LogP contribution in [-0.2, 0) is 4.74 Å². The van der Waals surface area contributed by atoms with Crippen LogP contribution >= 0.6 is 0 Å². The molecule has 0 spiro atoms. The second kappa shape index (κ2) is 3.35. The zero-order chi connectivity index (χ0) is 13.0. The van der Waals surface area contributed by atoms with Gasteiger partial charge in [0.25, 0.3) is 5.56 Å². The molecule has 1 aromatic heterocycles. The number of pyridine rings is 1. The van der Waals surface area contributed by atoms with E-state index < -0.39 is 11.5 Å². The predicted molar refractivity (Wildman–Crippen MR) is 63.8 cm³/mol. The molecular weight excluding hydrogens is 220 g/mol. The normalized spacial score (nSPS) is 19.1. The molecule has 92 valence electrons. The van der Waals surface area contributed by atoms with Gasteiger partial charge in [-0.3, -0.25) is 4.79 Å². The van der Waals surface area contributed by atoms with Crippen molar-refractivity contribution in [3.05, 3.63) is 27.2 Å². The lowest BCUT2D eigenvalue weighted by molar-refractivity contribution is 0.00759. The van der Waals surface area contributed by atoms with Crippen molar-refractivity contribution in [3.8, 4) is 0 Å². The van der Waals surface area contributed by atoms with Crippen molar-refractivity contribution in [1.29, 1.82) is 0 Å². The SMILES string of the molecule is Cc1[nH]c(=O)c(N)c2c1C(C(C)(C)C)OC2=O. The van der Waals surface area contributed by atoms with Gasteiger partial charge in [-0.2, -0.15) is 0 Å². The maximum atomic E-state index is 11.8. The quantitative estimate of drug-likeness (QED) is 0.669. The van der Waals surface area contributed by atoms with Gasteiger partial charge >= 0.3 is 5.97 Å². The third-order valence-electron chi connectivity index (χ3n) is 2.97. The minimum absolute atomic E-state index is 0.0534. The molecule has 2 rings (SSSR count). The summed E-state index contributed by atoms with van der Waals surface area (Å²) in [7, 11) is 0. The third kappa shape index (κ3) is 1.62. The molecule has 0 saturated heterocycles. The number of ether oxygens (including phenoxy) is 1. The molecular formula is C12H16N2O3. The summed E-state index contributed by atoms with van der Waals surface area (Å²) >= 11 is 0. The molecule has 0 aromatic carbocycles. The van der Waals surface area contributed by atoms with E-state index in [9.17, 15) is 9.59 Å². The van der Waals surface area contributed by atoms with Crippen molar-refractivity contribution in [2.75, 3.05) is 5.73 Å². The fraction of sp³-hybridized carbons (Fsp3) is 0.500. The van der Waals surface area contributed by atoms with Crippen molar-refractivity contribution in [2.45, 2.75) is 33.8 Å². The molecule has 1 unspecified atom stereocenters. The number of hydrogen-bond donors (Lipinski definition) is 2. The Bertz CT molecular complexity index is 552. The van der Waals surface area contributed by atoms with Crippen molar-refractivity contribution < 1.29 is 9.53 Å². The zero-order valence-corrected chi connectivity index (χ0v) is 10.4. The highest BCUT2D eigenvalue weighted by atomic mass is 16.5. The van der Waals surface area contributed by atoms with Crippen molar-refractivity contribution in [3.63, 3.8) is 0 Å². The number of aromatic amines is 1. The monoisotopic (exact) mass is 236 g/mol. The number of cyclic esters (lactones) is 1. The van der Waals surface area contributed by atoms with Crippen LogP contribution in [0.2, 0.25) is 0 Å². The highest BCUT2D eigenvalue weighted by molar-refractivity contribution is 5.99. The minimum atomic E-state index is -0.508. The fourth-order valence-corrected chi connectivity index (χ4v) is 2.13. The second-order valence-corrected chi connectivity index (χ2v) is 5.43. The van der Waals surface area contributed by atoms with Crippen LogP contribution in [0.15, 0.2) is 4.79 Å². The molecule has 1 atom stereocenters. The van der Waals surface area contributed by atoms with Crippen molar-refractivity contribution in [1.82, 2.24) is 4.98 Å². The number of nitrogens with one attached hydrogen (secondary N) is 1. The molecule has 0 aliphatic carbocycles. The van der Waals surface area contributed by atoms with E-state index >= 15 is 0 Å². The summed E-state index contributed by atoms with van der Waals surface area (Å²) in [6.07, 6.45) is -0.371. The Kier molecular flexibility index (Phi) is 2.31. The van der Waals surface area contributed by atoms with E-state index in [1.807, 2.05) is 20.8 Å². The molecule has 5 heteroatoms. The number of nitrogen functional groups attached to an aromatic ring is 1. The number of aromatic nitrogens is 1. The first-order valence-electron chi connectivity index (χ1n) is 5.46. The van der Waals surface area contributed by atoms with Crippen LogP contribution in [0.5, 0.6) is 0 Å². The Morgan fingerprint density at radius 2 is 1.88 bits per heavy atom. The van der Waals surface area contributed by atoms with Crippen LogP contribution in [0, 0.1) is 12.3 Å². The Labute approximate surface area is 99.0 Å². The summed E-state index contributed by atoms with van der Waals surface area (Å²) in [6.45, 7) is 7.67. The number of hydrogen-bond acceptors (Lipinski definition) is 4. The molecule has 1 aromatic rings. The standard InChI is InChI=1S/C12H16N2O3/c1-5-6-7(8(13)10(15)14-5)11(16)17-9(6)12(2,3)4/h9H,13H2,1-4H3,(H,14,15). The summed E-state index contributed by atoms with van der Waals surface area (Å²) in [6, 6.07) is 0. The van der Waals surface area contributed by atoms with Gasteiger partial charge in [-0.15, -0.1) is 0 Å². The van der Waals surface area contributed by atoms with Crippen LogP contribution in [-0.4, -0.2) is 11.0 Å². The molecule has 5 nitrogen and oxygen atoms in total. The lowest BCUT2D eigenvalue weighted by Gasteiger charge is -2.26. The number of esters is 1. The molecule has 0 bridgehead atoms. The Hall–Kier alpha value is -1.78. The number of H-pyrrole nitrogens is 1. The van der Waals surface area contributed by atoms with E-state index in [0.29, 0.717) is 11.3 Å². The van der Waals surface area contributed by atoms with E-state index in [1.165, 1.54) is 0 Å². The van der Waals surface area contributed by atoms with Gasteiger partial charge in [0.15, 0.2) is 0 Å². The first kappa shape index (κ1) is 11.7. The molecule has 17 heavy (non-hydrogen) atoms. The summed E-state index contributed by atoms with van der Waals surface area (Å²) in [4.78, 5) is 26.0. The van der Waals surface area contributed by atoms with Crippen LogP contribution in [0.25, 0.3) is 0 Å². The number of rotatable bonds is 0. The first-order chi connectivity index (χ1) is 7.73. The first-order valence-corrected chi connectivity index (χ1v) is 5.46. The minimum Gasteiger partial charge on any atom is -0.453 e. The smallest absolute Gasteiger partial charge is 0.341 e. The predicted octanol–water partition coefficient (Wildman–Crippen LogP) is 1.52. The van der Waals surface area contributed by atoms with E-state index in [0.717, 1.165) is 0 Å². The maximum absolute atomic E-state index is 11.8. The second-order valence-electron chi connectivity index (χ2n) is 5.43. The molecule has 0 fully saturated rings. The lowest BCUT2D eigenvalue weighted by Crippen LogP contribution is -2.21. The number of carbonyl (C=O) groups is 1. The largest absolute Gasteiger partial charge is 0.453 e. The molecule has 0 saturated carbocycles. The van der Waals surface area contributed by atoms with Gasteiger partial charge in [0, 0.05) is 16.7 Å². The van der Waals surface area contributed by atoms with Crippen molar-refractivity contribution in [2.24, 2.45) is 5.41 Å². The molecule has 0 radical (unpaired) electrons. The number of nitrogens with two attached hydrogens (primary N) is 1. The lowest BCUT2D eigenvalue weighted by atomic mass is 9.83. The van der Waals surface area contributed by atoms with E-state index in [-0.39, 0.29) is 22.8 Å². The van der Waals surface area contributed by atoms with Gasteiger partial charge in [0.2, 0.25) is 0 Å². The summed E-state index contributed by atoms with van der Waals surface area (Å²) in [5, 5.41) is 0. The Morgan fingerprint density at radius 1 is 1.29 bits per heavy atom. The highest BCUT2D eigenvalue weighted by Crippen LogP contribution is 2.44. The molecule has 1 aliphatic heterocycles. The van der Waals surface area contributed by atoms with Crippen molar-refractivity contribution >= 4 is 11.7 Å². The number of aryl methyl sites for hydroxylation is 1. The molecule has 1 aliphatic rings. The van der Waals surface area contributed by atoms with Gasteiger partial charge in [0.05, 0.1) is 5.56 Å². The number of carbonyl (C=O) groups excluding carboxylic acids is 1. The van der Waals surface area contributed by atoms with Gasteiger partial charge in [0.1, 0.15) is 11.8 Å². The van der Waals surface area contributed by atoms with Crippen LogP contribution in [0.4, 0.5) is 5.69 Å².